The Morgan fingerprint density at radius 2 is 2.29 bits per heavy atom. The molecular weight excluding hydrogens is 254 g/mol. The predicted octanol–water partition coefficient (Wildman–Crippen LogP) is 1.70. The van der Waals surface area contributed by atoms with Crippen LogP contribution in [0.15, 0.2) is 24.5 Å². The number of halogens is 3. The van der Waals surface area contributed by atoms with E-state index in [1.165, 1.54) is 31.5 Å². The van der Waals surface area contributed by atoms with E-state index in [0.29, 0.717) is 0 Å². The smallest absolute Gasteiger partial charge is 0.379 e. The molecule has 0 unspecified atom stereocenters. The van der Waals surface area contributed by atoms with Gasteiger partial charge in [0.15, 0.2) is 0 Å². The monoisotopic (exact) mass is 266 g/mol. The lowest BCUT2D eigenvalue weighted by atomic mass is 10.0. The molecule has 0 fully saturated rings. The summed E-state index contributed by atoms with van der Waals surface area (Å²) in [6.07, 6.45) is 2.62. The number of aromatic nitrogens is 1. The topological polar surface area (TPSA) is 65.2 Å². The minimum absolute atomic E-state index is 0. The number of pyridine rings is 1. The highest BCUT2D eigenvalue weighted by Crippen LogP contribution is 2.29. The van der Waals surface area contributed by atoms with Crippen LogP contribution < -0.4 is 5.73 Å². The lowest BCUT2D eigenvalue weighted by molar-refractivity contribution is -0.174. The molecule has 0 spiro atoms. The fraction of sp³-hybridized carbons (Fsp3) is 0.400. The fourth-order valence-electron chi connectivity index (χ4n) is 1.12. The van der Waals surface area contributed by atoms with Crippen molar-refractivity contribution in [3.05, 3.63) is 30.1 Å². The Hall–Kier alpha value is -1.27. The first-order valence-electron chi connectivity index (χ1n) is 4.70. The Labute approximate surface area is 104 Å². The van der Waals surface area contributed by atoms with Gasteiger partial charge < -0.3 is 10.5 Å². The summed E-state index contributed by atoms with van der Waals surface area (Å²) in [6.45, 7) is 1.33. The van der Waals surface area contributed by atoms with Crippen molar-refractivity contribution in [2.75, 3.05) is 6.61 Å². The van der Waals surface area contributed by atoms with Crippen molar-refractivity contribution in [2.45, 2.75) is 18.9 Å². The quantitative estimate of drug-likeness (QED) is 0.843. The van der Waals surface area contributed by atoms with Crippen LogP contribution in [0.25, 0.3) is 0 Å². The zero-order valence-corrected chi connectivity index (χ0v) is 9.92. The van der Waals surface area contributed by atoms with Crippen molar-refractivity contribution in [1.29, 1.82) is 0 Å². The molecule has 0 aliphatic carbocycles. The van der Waals surface area contributed by atoms with E-state index >= 15 is 0 Å². The third kappa shape index (κ3) is 3.61. The molecule has 0 radical (unpaired) electrons. The maximum Gasteiger partial charge on any atom is 0.379 e. The lowest BCUT2D eigenvalue weighted by Crippen LogP contribution is -2.41. The van der Waals surface area contributed by atoms with Gasteiger partial charge in [0.25, 0.3) is 0 Å². The van der Waals surface area contributed by atoms with E-state index in [1.807, 2.05) is 0 Å². The predicted molar refractivity (Wildman–Crippen MR) is 60.0 cm³/mol. The number of alkyl halides is 2. The number of hydrogen-bond donors (Lipinski definition) is 1. The SMILES string of the molecule is CCOC(=O)C(F)(F)[C@H](N)c1cccnc1.Cl. The minimum Gasteiger partial charge on any atom is -0.462 e. The van der Waals surface area contributed by atoms with Crippen LogP contribution in [-0.4, -0.2) is 23.5 Å². The molecule has 0 aliphatic heterocycles. The van der Waals surface area contributed by atoms with Crippen molar-refractivity contribution in [3.8, 4) is 0 Å². The van der Waals surface area contributed by atoms with Gasteiger partial charge in [0.1, 0.15) is 6.04 Å². The van der Waals surface area contributed by atoms with Crippen molar-refractivity contribution in [1.82, 2.24) is 4.98 Å². The second kappa shape index (κ2) is 6.46. The van der Waals surface area contributed by atoms with Crippen LogP contribution in [0.3, 0.4) is 0 Å². The fourth-order valence-corrected chi connectivity index (χ4v) is 1.12. The number of esters is 1. The molecule has 0 bridgehead atoms. The summed E-state index contributed by atoms with van der Waals surface area (Å²) in [5.41, 5.74) is 5.40. The molecule has 1 heterocycles. The molecule has 0 amide bonds. The molecule has 1 aromatic rings. The van der Waals surface area contributed by atoms with Crippen LogP contribution in [0.4, 0.5) is 8.78 Å². The molecule has 0 saturated carbocycles. The first-order chi connectivity index (χ1) is 7.50. The van der Waals surface area contributed by atoms with Gasteiger partial charge in [-0.05, 0) is 18.6 Å². The van der Waals surface area contributed by atoms with Crippen molar-refractivity contribution < 1.29 is 18.3 Å². The van der Waals surface area contributed by atoms with Gasteiger partial charge in [0, 0.05) is 12.4 Å². The summed E-state index contributed by atoms with van der Waals surface area (Å²) in [7, 11) is 0. The summed E-state index contributed by atoms with van der Waals surface area (Å²) < 4.78 is 31.2. The molecule has 96 valence electrons. The van der Waals surface area contributed by atoms with Crippen LogP contribution in [0.2, 0.25) is 0 Å². The van der Waals surface area contributed by atoms with Gasteiger partial charge in [-0.15, -0.1) is 12.4 Å². The van der Waals surface area contributed by atoms with Gasteiger partial charge >= 0.3 is 11.9 Å². The maximum absolute atomic E-state index is 13.5. The van der Waals surface area contributed by atoms with Gasteiger partial charge in [-0.1, -0.05) is 6.07 Å². The normalized spacial score (nSPS) is 12.5. The molecule has 7 heteroatoms. The summed E-state index contributed by atoms with van der Waals surface area (Å²) in [4.78, 5) is 14.7. The average Bonchev–Trinajstić information content (AvgIpc) is 2.29. The standard InChI is InChI=1S/C10H12F2N2O2.ClH/c1-2-16-9(15)10(11,12)8(13)7-4-3-5-14-6-7;/h3-6,8H,2,13H2,1H3;1H/t8-;/m1./s1. The van der Waals surface area contributed by atoms with E-state index in [4.69, 9.17) is 5.73 Å². The number of carbonyl (C=O) groups is 1. The van der Waals surface area contributed by atoms with E-state index in [9.17, 15) is 13.6 Å². The molecule has 1 aromatic heterocycles. The maximum atomic E-state index is 13.5. The largest absolute Gasteiger partial charge is 0.462 e. The molecule has 1 atom stereocenters. The number of rotatable bonds is 4. The van der Waals surface area contributed by atoms with Crippen LogP contribution in [-0.2, 0) is 9.53 Å². The molecule has 0 saturated heterocycles. The second-order valence-electron chi connectivity index (χ2n) is 3.11. The highest BCUT2D eigenvalue weighted by atomic mass is 35.5. The summed E-state index contributed by atoms with van der Waals surface area (Å²) in [6, 6.07) is 1.10. The van der Waals surface area contributed by atoms with Gasteiger partial charge in [-0.3, -0.25) is 4.98 Å². The summed E-state index contributed by atoms with van der Waals surface area (Å²) in [5, 5.41) is 0. The van der Waals surface area contributed by atoms with E-state index in [-0.39, 0.29) is 24.6 Å². The van der Waals surface area contributed by atoms with Crippen molar-refractivity contribution in [3.63, 3.8) is 0 Å². The number of carbonyl (C=O) groups excluding carboxylic acids is 1. The Bertz CT molecular complexity index is 363. The Kier molecular flexibility index (Phi) is 5.98. The highest BCUT2D eigenvalue weighted by molar-refractivity contribution is 5.85. The van der Waals surface area contributed by atoms with E-state index in [2.05, 4.69) is 9.72 Å². The lowest BCUT2D eigenvalue weighted by Gasteiger charge is -2.21. The third-order valence-corrected chi connectivity index (χ3v) is 1.98. The molecule has 0 aliphatic rings. The van der Waals surface area contributed by atoms with Gasteiger partial charge in [0.05, 0.1) is 6.61 Å². The number of ether oxygens (including phenoxy) is 1. The average molecular weight is 267 g/mol. The Morgan fingerprint density at radius 3 is 2.76 bits per heavy atom. The van der Waals surface area contributed by atoms with E-state index in [1.54, 1.807) is 0 Å². The number of nitrogens with two attached hydrogens (primary N) is 1. The van der Waals surface area contributed by atoms with Crippen molar-refractivity contribution in [2.24, 2.45) is 5.73 Å². The molecule has 0 aromatic carbocycles. The first kappa shape index (κ1) is 15.7. The molecular formula is C10H13ClF2N2O2. The molecule has 1 rings (SSSR count). The summed E-state index contributed by atoms with van der Waals surface area (Å²) >= 11 is 0. The van der Waals surface area contributed by atoms with Crippen LogP contribution in [0.1, 0.15) is 18.5 Å². The molecule has 17 heavy (non-hydrogen) atoms. The zero-order chi connectivity index (χ0) is 12.2. The Balaban J connectivity index is 0.00000256. The minimum atomic E-state index is -3.75. The Morgan fingerprint density at radius 1 is 1.65 bits per heavy atom. The third-order valence-electron chi connectivity index (χ3n) is 1.98. The highest BCUT2D eigenvalue weighted by Gasteiger charge is 2.47. The van der Waals surface area contributed by atoms with Crippen LogP contribution in [0.5, 0.6) is 0 Å². The number of nitrogens with zero attached hydrogens (tertiary/aromatic N) is 1. The zero-order valence-electron chi connectivity index (χ0n) is 9.10. The van der Waals surface area contributed by atoms with Crippen LogP contribution >= 0.6 is 12.4 Å². The van der Waals surface area contributed by atoms with Crippen LogP contribution in [0, 0.1) is 0 Å². The van der Waals surface area contributed by atoms with Gasteiger partial charge in [-0.2, -0.15) is 8.78 Å². The first-order valence-corrected chi connectivity index (χ1v) is 4.70. The van der Waals surface area contributed by atoms with Gasteiger partial charge in [-0.25, -0.2) is 4.79 Å². The molecule has 2 N–H and O–H groups in total. The van der Waals surface area contributed by atoms with Crippen molar-refractivity contribution >= 4 is 18.4 Å². The second-order valence-corrected chi connectivity index (χ2v) is 3.11. The summed E-state index contributed by atoms with van der Waals surface area (Å²) in [5.74, 6) is -5.37. The van der Waals surface area contributed by atoms with Gasteiger partial charge in [0.2, 0.25) is 0 Å². The van der Waals surface area contributed by atoms with E-state index in [0.717, 1.165) is 0 Å². The molecule has 4 nitrogen and oxygen atoms in total. The van der Waals surface area contributed by atoms with E-state index < -0.39 is 17.9 Å². The number of hydrogen-bond acceptors (Lipinski definition) is 4.